The number of carbonyl (C=O) groups excluding carboxylic acids is 1. The molecule has 0 bridgehead atoms. The fourth-order valence-corrected chi connectivity index (χ4v) is 3.35. The molecule has 0 aliphatic carbocycles. The van der Waals surface area contributed by atoms with Crippen molar-refractivity contribution in [3.63, 3.8) is 0 Å². The van der Waals surface area contributed by atoms with Crippen LogP contribution in [0.1, 0.15) is 39.2 Å². The molecule has 0 saturated carbocycles. The van der Waals surface area contributed by atoms with Crippen LogP contribution in [0.4, 0.5) is 4.79 Å². The van der Waals surface area contributed by atoms with E-state index in [-0.39, 0.29) is 6.09 Å². The van der Waals surface area contributed by atoms with Crippen molar-refractivity contribution in [2.45, 2.75) is 45.6 Å². The van der Waals surface area contributed by atoms with Gasteiger partial charge < -0.3 is 9.64 Å². The first-order chi connectivity index (χ1) is 11.4. The zero-order chi connectivity index (χ0) is 17.2. The quantitative estimate of drug-likeness (QED) is 0.775. The second-order valence-corrected chi connectivity index (χ2v) is 7.80. The Bertz CT molecular complexity index is 709. The first kappa shape index (κ1) is 16.8. The summed E-state index contributed by atoms with van der Waals surface area (Å²) in [6, 6.07) is 15.2. The minimum Gasteiger partial charge on any atom is -0.444 e. The smallest absolute Gasteiger partial charge is 0.410 e. The molecule has 3 heteroatoms. The van der Waals surface area contributed by atoms with Gasteiger partial charge in [0, 0.05) is 13.1 Å². The van der Waals surface area contributed by atoms with E-state index in [2.05, 4.69) is 42.5 Å². The summed E-state index contributed by atoms with van der Waals surface area (Å²) >= 11 is 0. The van der Waals surface area contributed by atoms with Gasteiger partial charge in [0.1, 0.15) is 5.60 Å². The lowest BCUT2D eigenvalue weighted by Crippen LogP contribution is -2.42. The molecule has 1 saturated heterocycles. The number of piperidine rings is 1. The summed E-state index contributed by atoms with van der Waals surface area (Å²) in [5.41, 5.74) is 0.975. The SMILES string of the molecule is CC(C)(C)OC(=O)N1CCC(Cc2ccc3ccccc3c2)CC1. The van der Waals surface area contributed by atoms with Gasteiger partial charge in [-0.05, 0) is 62.3 Å². The van der Waals surface area contributed by atoms with E-state index in [4.69, 9.17) is 4.74 Å². The highest BCUT2D eigenvalue weighted by Gasteiger charge is 2.26. The number of nitrogens with zero attached hydrogens (tertiary/aromatic N) is 1. The third-order valence-electron chi connectivity index (χ3n) is 4.60. The van der Waals surface area contributed by atoms with Gasteiger partial charge in [0.05, 0.1) is 0 Å². The average molecular weight is 325 g/mol. The Hall–Kier alpha value is -2.03. The van der Waals surface area contributed by atoms with E-state index in [1.807, 2.05) is 25.7 Å². The number of benzene rings is 2. The molecule has 24 heavy (non-hydrogen) atoms. The molecule has 1 fully saturated rings. The Balaban J connectivity index is 1.55. The molecule has 3 rings (SSSR count). The molecule has 1 aliphatic rings. The number of carbonyl (C=O) groups is 1. The highest BCUT2D eigenvalue weighted by molar-refractivity contribution is 5.83. The average Bonchev–Trinajstić information content (AvgIpc) is 2.54. The Morgan fingerprint density at radius 3 is 2.42 bits per heavy atom. The molecule has 0 unspecified atom stereocenters. The predicted molar refractivity (Wildman–Crippen MR) is 98.2 cm³/mol. The number of amides is 1. The Morgan fingerprint density at radius 1 is 1.08 bits per heavy atom. The highest BCUT2D eigenvalue weighted by atomic mass is 16.6. The number of likely N-dealkylation sites (tertiary alicyclic amines) is 1. The summed E-state index contributed by atoms with van der Waals surface area (Å²) in [4.78, 5) is 14.0. The monoisotopic (exact) mass is 325 g/mol. The fourth-order valence-electron chi connectivity index (χ4n) is 3.35. The first-order valence-electron chi connectivity index (χ1n) is 8.86. The molecule has 2 aromatic carbocycles. The number of fused-ring (bicyclic) bond motifs is 1. The summed E-state index contributed by atoms with van der Waals surface area (Å²) in [6.07, 6.45) is 3.01. The van der Waals surface area contributed by atoms with Gasteiger partial charge >= 0.3 is 6.09 Å². The molecular formula is C21H27NO2. The van der Waals surface area contributed by atoms with Gasteiger partial charge in [-0.3, -0.25) is 0 Å². The second-order valence-electron chi connectivity index (χ2n) is 7.80. The van der Waals surface area contributed by atoms with Gasteiger partial charge in [0.15, 0.2) is 0 Å². The summed E-state index contributed by atoms with van der Waals surface area (Å²) < 4.78 is 5.47. The number of ether oxygens (including phenoxy) is 1. The number of hydrogen-bond acceptors (Lipinski definition) is 2. The lowest BCUT2D eigenvalue weighted by molar-refractivity contribution is 0.0184. The van der Waals surface area contributed by atoms with E-state index in [0.29, 0.717) is 5.92 Å². The second kappa shape index (κ2) is 6.84. The Labute approximate surface area is 144 Å². The summed E-state index contributed by atoms with van der Waals surface area (Å²) in [5, 5.41) is 2.60. The largest absolute Gasteiger partial charge is 0.444 e. The van der Waals surface area contributed by atoms with Crippen molar-refractivity contribution < 1.29 is 9.53 Å². The van der Waals surface area contributed by atoms with Crippen LogP contribution in [0.3, 0.4) is 0 Å². The molecule has 0 aromatic heterocycles. The molecule has 3 nitrogen and oxygen atoms in total. The Kier molecular flexibility index (Phi) is 4.79. The number of hydrogen-bond donors (Lipinski definition) is 0. The van der Waals surface area contributed by atoms with Crippen molar-refractivity contribution in [3.8, 4) is 0 Å². The zero-order valence-electron chi connectivity index (χ0n) is 14.9. The maximum absolute atomic E-state index is 12.1. The third kappa shape index (κ3) is 4.28. The maximum Gasteiger partial charge on any atom is 0.410 e. The fraction of sp³-hybridized carbons (Fsp3) is 0.476. The van der Waals surface area contributed by atoms with E-state index in [0.717, 1.165) is 32.4 Å². The minimum absolute atomic E-state index is 0.174. The summed E-state index contributed by atoms with van der Waals surface area (Å²) in [7, 11) is 0. The van der Waals surface area contributed by atoms with Crippen LogP contribution in [-0.2, 0) is 11.2 Å². The Morgan fingerprint density at radius 2 is 1.75 bits per heavy atom. The van der Waals surface area contributed by atoms with E-state index in [1.54, 1.807) is 0 Å². The molecule has 1 aliphatic heterocycles. The molecule has 2 aromatic rings. The van der Waals surface area contributed by atoms with Gasteiger partial charge in [-0.1, -0.05) is 42.5 Å². The van der Waals surface area contributed by atoms with Gasteiger partial charge in [-0.15, -0.1) is 0 Å². The van der Waals surface area contributed by atoms with Gasteiger partial charge in [0.25, 0.3) is 0 Å². The molecule has 0 spiro atoms. The van der Waals surface area contributed by atoms with Gasteiger partial charge in [0.2, 0.25) is 0 Å². The van der Waals surface area contributed by atoms with Gasteiger partial charge in [-0.25, -0.2) is 4.79 Å². The molecular weight excluding hydrogens is 298 g/mol. The molecule has 0 radical (unpaired) electrons. The van der Waals surface area contributed by atoms with Crippen LogP contribution in [0.2, 0.25) is 0 Å². The van der Waals surface area contributed by atoms with Crippen molar-refractivity contribution in [2.24, 2.45) is 5.92 Å². The minimum atomic E-state index is -0.418. The van der Waals surface area contributed by atoms with E-state index < -0.39 is 5.60 Å². The molecule has 1 amide bonds. The van der Waals surface area contributed by atoms with Crippen LogP contribution in [0.5, 0.6) is 0 Å². The lowest BCUT2D eigenvalue weighted by atomic mass is 9.89. The van der Waals surface area contributed by atoms with Gasteiger partial charge in [-0.2, -0.15) is 0 Å². The van der Waals surface area contributed by atoms with Crippen LogP contribution < -0.4 is 0 Å². The molecule has 1 heterocycles. The van der Waals surface area contributed by atoms with E-state index >= 15 is 0 Å². The first-order valence-corrected chi connectivity index (χ1v) is 8.86. The van der Waals surface area contributed by atoms with E-state index in [1.165, 1.54) is 16.3 Å². The van der Waals surface area contributed by atoms with Crippen molar-refractivity contribution in [1.82, 2.24) is 4.90 Å². The van der Waals surface area contributed by atoms with Crippen LogP contribution >= 0.6 is 0 Å². The van der Waals surface area contributed by atoms with Crippen molar-refractivity contribution in [1.29, 1.82) is 0 Å². The van der Waals surface area contributed by atoms with Crippen molar-refractivity contribution in [3.05, 3.63) is 48.0 Å². The van der Waals surface area contributed by atoms with Crippen LogP contribution in [0.25, 0.3) is 10.8 Å². The zero-order valence-corrected chi connectivity index (χ0v) is 14.9. The van der Waals surface area contributed by atoms with Crippen molar-refractivity contribution >= 4 is 16.9 Å². The summed E-state index contributed by atoms with van der Waals surface area (Å²) in [6.45, 7) is 7.34. The maximum atomic E-state index is 12.1. The normalized spacial score (nSPS) is 16.4. The number of rotatable bonds is 2. The third-order valence-corrected chi connectivity index (χ3v) is 4.60. The topological polar surface area (TPSA) is 29.5 Å². The van der Waals surface area contributed by atoms with Crippen LogP contribution in [0.15, 0.2) is 42.5 Å². The lowest BCUT2D eigenvalue weighted by Gasteiger charge is -2.33. The predicted octanol–water partition coefficient (Wildman–Crippen LogP) is 5.03. The summed E-state index contributed by atoms with van der Waals surface area (Å²) in [5.74, 6) is 0.643. The molecule has 128 valence electrons. The standard InChI is InChI=1S/C21H27NO2/c1-21(2,3)24-20(23)22-12-10-16(11-13-22)14-17-8-9-18-6-4-5-7-19(18)15-17/h4-9,15-16H,10-14H2,1-3H3. The van der Waals surface area contributed by atoms with Crippen molar-refractivity contribution in [2.75, 3.05) is 13.1 Å². The molecule has 0 N–H and O–H groups in total. The van der Waals surface area contributed by atoms with E-state index in [9.17, 15) is 4.79 Å². The van der Waals surface area contributed by atoms with Crippen LogP contribution in [0, 0.1) is 5.92 Å². The molecule has 0 atom stereocenters. The highest BCUT2D eigenvalue weighted by Crippen LogP contribution is 2.25. The van der Waals surface area contributed by atoms with Crippen LogP contribution in [-0.4, -0.2) is 29.7 Å².